The van der Waals surface area contributed by atoms with Crippen molar-refractivity contribution in [1.29, 1.82) is 0 Å². The molecule has 2 amide bonds. The number of aryl methyl sites for hydroxylation is 1. The summed E-state index contributed by atoms with van der Waals surface area (Å²) in [6.45, 7) is 3.65. The fourth-order valence-corrected chi connectivity index (χ4v) is 4.79. The van der Waals surface area contributed by atoms with E-state index < -0.39 is 0 Å². The SMILES string of the molecule is Cc1ccc(N(CC(=O)N2CCCCC2)C(=O)Cc2csc(Cc3ccccc3)n2)cc1. The smallest absolute Gasteiger partial charge is 0.242 e. The van der Waals surface area contributed by atoms with Gasteiger partial charge in [-0.05, 0) is 43.9 Å². The fourth-order valence-electron chi connectivity index (χ4n) is 3.96. The summed E-state index contributed by atoms with van der Waals surface area (Å²) in [7, 11) is 0. The third-order valence-corrected chi connectivity index (χ3v) is 6.68. The Balaban J connectivity index is 1.47. The molecule has 3 aromatic rings. The van der Waals surface area contributed by atoms with Crippen molar-refractivity contribution in [2.45, 2.75) is 39.0 Å². The molecule has 2 aromatic carbocycles. The number of carbonyl (C=O) groups excluding carboxylic acids is 2. The Labute approximate surface area is 193 Å². The van der Waals surface area contributed by atoms with Crippen LogP contribution in [0.15, 0.2) is 60.0 Å². The third kappa shape index (κ3) is 5.82. The Morgan fingerprint density at radius 2 is 1.72 bits per heavy atom. The Morgan fingerprint density at radius 1 is 1.00 bits per heavy atom. The van der Waals surface area contributed by atoms with Gasteiger partial charge >= 0.3 is 0 Å². The first kappa shape index (κ1) is 22.2. The van der Waals surface area contributed by atoms with Gasteiger partial charge in [-0.25, -0.2) is 4.98 Å². The molecule has 1 aromatic heterocycles. The van der Waals surface area contributed by atoms with Crippen LogP contribution in [-0.4, -0.2) is 41.3 Å². The Bertz CT molecular complexity index is 1040. The molecule has 32 heavy (non-hydrogen) atoms. The summed E-state index contributed by atoms with van der Waals surface area (Å²) in [4.78, 5) is 34.4. The monoisotopic (exact) mass is 447 g/mol. The second-order valence-electron chi connectivity index (χ2n) is 8.33. The van der Waals surface area contributed by atoms with E-state index in [0.29, 0.717) is 0 Å². The van der Waals surface area contributed by atoms with E-state index in [-0.39, 0.29) is 24.8 Å². The molecule has 1 aliphatic heterocycles. The van der Waals surface area contributed by atoms with Gasteiger partial charge in [0.25, 0.3) is 0 Å². The van der Waals surface area contributed by atoms with Crippen molar-refractivity contribution < 1.29 is 9.59 Å². The zero-order valence-corrected chi connectivity index (χ0v) is 19.3. The van der Waals surface area contributed by atoms with Crippen LogP contribution in [0.1, 0.15) is 41.1 Å². The Morgan fingerprint density at radius 3 is 2.44 bits per heavy atom. The van der Waals surface area contributed by atoms with E-state index in [0.717, 1.165) is 54.3 Å². The molecular formula is C26H29N3O2S. The van der Waals surface area contributed by atoms with Crippen LogP contribution in [0, 0.1) is 6.92 Å². The standard InChI is InChI=1S/C26H29N3O2S/c1-20-10-12-23(13-11-20)29(18-26(31)28-14-6-3-7-15-28)25(30)17-22-19-32-24(27-22)16-21-8-4-2-5-9-21/h2,4-5,8-13,19H,3,6-7,14-18H2,1H3. The number of amides is 2. The highest BCUT2D eigenvalue weighted by atomic mass is 32.1. The maximum Gasteiger partial charge on any atom is 0.242 e. The molecule has 0 aliphatic carbocycles. The lowest BCUT2D eigenvalue weighted by Gasteiger charge is -2.30. The predicted molar refractivity (Wildman–Crippen MR) is 129 cm³/mol. The summed E-state index contributed by atoms with van der Waals surface area (Å²) in [5.74, 6) is -0.0857. The number of rotatable bonds is 7. The predicted octanol–water partition coefficient (Wildman–Crippen LogP) is 4.63. The molecule has 0 atom stereocenters. The first-order valence-electron chi connectivity index (χ1n) is 11.2. The maximum absolute atomic E-state index is 13.3. The highest BCUT2D eigenvalue weighted by molar-refractivity contribution is 7.09. The number of thiazole rings is 1. The molecule has 0 bridgehead atoms. The maximum atomic E-state index is 13.3. The van der Waals surface area contributed by atoms with E-state index in [2.05, 4.69) is 17.1 Å². The van der Waals surface area contributed by atoms with Gasteiger partial charge in [-0.3, -0.25) is 9.59 Å². The van der Waals surface area contributed by atoms with Crippen molar-refractivity contribution in [1.82, 2.24) is 9.88 Å². The van der Waals surface area contributed by atoms with Crippen molar-refractivity contribution in [3.05, 3.63) is 81.8 Å². The molecule has 0 N–H and O–H groups in total. The number of anilines is 1. The van der Waals surface area contributed by atoms with Crippen molar-refractivity contribution in [3.63, 3.8) is 0 Å². The van der Waals surface area contributed by atoms with Gasteiger partial charge in [-0.2, -0.15) is 0 Å². The second kappa shape index (κ2) is 10.6. The van der Waals surface area contributed by atoms with Crippen LogP contribution in [0.5, 0.6) is 0 Å². The van der Waals surface area contributed by atoms with Gasteiger partial charge in [0.1, 0.15) is 6.54 Å². The molecule has 5 nitrogen and oxygen atoms in total. The average Bonchev–Trinajstić information content (AvgIpc) is 3.25. The average molecular weight is 448 g/mol. The molecule has 0 saturated carbocycles. The molecule has 1 aliphatic rings. The normalized spacial score (nSPS) is 13.7. The molecule has 0 spiro atoms. The number of hydrogen-bond donors (Lipinski definition) is 0. The summed E-state index contributed by atoms with van der Waals surface area (Å²) >= 11 is 1.58. The number of nitrogens with zero attached hydrogens (tertiary/aromatic N) is 3. The molecule has 166 valence electrons. The zero-order chi connectivity index (χ0) is 22.3. The number of benzene rings is 2. The lowest BCUT2D eigenvalue weighted by molar-refractivity contribution is -0.132. The number of carbonyl (C=O) groups is 2. The number of aromatic nitrogens is 1. The number of likely N-dealkylation sites (tertiary alicyclic amines) is 1. The summed E-state index contributed by atoms with van der Waals surface area (Å²) in [6.07, 6.45) is 4.18. The van der Waals surface area contributed by atoms with Gasteiger partial charge in [0, 0.05) is 30.6 Å². The summed E-state index contributed by atoms with van der Waals surface area (Å²) in [5.41, 5.74) is 3.83. The first-order valence-corrected chi connectivity index (χ1v) is 12.1. The van der Waals surface area contributed by atoms with Crippen LogP contribution in [0.3, 0.4) is 0 Å². The van der Waals surface area contributed by atoms with E-state index in [1.807, 2.05) is 59.7 Å². The van der Waals surface area contributed by atoms with E-state index in [9.17, 15) is 9.59 Å². The molecule has 4 rings (SSSR count). The van der Waals surface area contributed by atoms with E-state index >= 15 is 0 Å². The minimum Gasteiger partial charge on any atom is -0.341 e. The van der Waals surface area contributed by atoms with Gasteiger partial charge in [-0.1, -0.05) is 48.0 Å². The molecule has 1 fully saturated rings. The van der Waals surface area contributed by atoms with Crippen LogP contribution in [-0.2, 0) is 22.4 Å². The molecule has 0 radical (unpaired) electrons. The summed E-state index contributed by atoms with van der Waals surface area (Å²) in [5, 5.41) is 2.95. The first-order chi connectivity index (χ1) is 15.6. The van der Waals surface area contributed by atoms with Crippen LogP contribution >= 0.6 is 11.3 Å². The van der Waals surface area contributed by atoms with Gasteiger partial charge in [0.2, 0.25) is 11.8 Å². The van der Waals surface area contributed by atoms with Crippen molar-refractivity contribution >= 4 is 28.8 Å². The van der Waals surface area contributed by atoms with E-state index in [1.54, 1.807) is 16.2 Å². The highest BCUT2D eigenvalue weighted by Gasteiger charge is 2.24. The number of piperidine rings is 1. The molecule has 0 unspecified atom stereocenters. The lowest BCUT2D eigenvalue weighted by Crippen LogP contribution is -2.45. The molecule has 1 saturated heterocycles. The van der Waals surface area contributed by atoms with Crippen LogP contribution in [0.2, 0.25) is 0 Å². The van der Waals surface area contributed by atoms with Crippen molar-refractivity contribution in [2.75, 3.05) is 24.5 Å². The summed E-state index contributed by atoms with van der Waals surface area (Å²) in [6, 6.07) is 18.0. The Hall–Kier alpha value is -2.99. The largest absolute Gasteiger partial charge is 0.341 e. The van der Waals surface area contributed by atoms with Crippen LogP contribution in [0.25, 0.3) is 0 Å². The van der Waals surface area contributed by atoms with Crippen LogP contribution in [0.4, 0.5) is 5.69 Å². The highest BCUT2D eigenvalue weighted by Crippen LogP contribution is 2.20. The zero-order valence-electron chi connectivity index (χ0n) is 18.5. The Kier molecular flexibility index (Phi) is 7.32. The van der Waals surface area contributed by atoms with Gasteiger partial charge < -0.3 is 9.80 Å². The quantitative estimate of drug-likeness (QED) is 0.531. The van der Waals surface area contributed by atoms with Crippen molar-refractivity contribution in [3.8, 4) is 0 Å². The fraction of sp³-hybridized carbons (Fsp3) is 0.346. The minimum absolute atomic E-state index is 0.0154. The lowest BCUT2D eigenvalue weighted by atomic mass is 10.1. The third-order valence-electron chi connectivity index (χ3n) is 5.78. The second-order valence-corrected chi connectivity index (χ2v) is 9.27. The summed E-state index contributed by atoms with van der Waals surface area (Å²) < 4.78 is 0. The van der Waals surface area contributed by atoms with Crippen LogP contribution < -0.4 is 4.90 Å². The topological polar surface area (TPSA) is 53.5 Å². The van der Waals surface area contributed by atoms with Gasteiger partial charge in [0.15, 0.2) is 0 Å². The van der Waals surface area contributed by atoms with Gasteiger partial charge in [-0.15, -0.1) is 11.3 Å². The van der Waals surface area contributed by atoms with E-state index in [1.165, 1.54) is 12.0 Å². The van der Waals surface area contributed by atoms with Gasteiger partial charge in [0.05, 0.1) is 17.1 Å². The molecular weight excluding hydrogens is 418 g/mol. The number of hydrogen-bond acceptors (Lipinski definition) is 4. The van der Waals surface area contributed by atoms with Crippen molar-refractivity contribution in [2.24, 2.45) is 0 Å². The minimum atomic E-state index is -0.101. The molecule has 6 heteroatoms. The van der Waals surface area contributed by atoms with E-state index in [4.69, 9.17) is 0 Å². The molecule has 2 heterocycles.